The van der Waals surface area contributed by atoms with Gasteiger partial charge in [0.1, 0.15) is 12.4 Å². The van der Waals surface area contributed by atoms with Gasteiger partial charge >= 0.3 is 5.69 Å². The number of benzene rings is 1. The fourth-order valence-corrected chi connectivity index (χ4v) is 3.55. The van der Waals surface area contributed by atoms with Crippen molar-refractivity contribution in [1.29, 1.82) is 0 Å². The van der Waals surface area contributed by atoms with Crippen molar-refractivity contribution >= 4 is 22.8 Å². The van der Waals surface area contributed by atoms with Crippen molar-refractivity contribution in [3.63, 3.8) is 0 Å². The van der Waals surface area contributed by atoms with Gasteiger partial charge < -0.3 is 5.32 Å². The van der Waals surface area contributed by atoms with Gasteiger partial charge in [0.15, 0.2) is 5.82 Å². The Balaban J connectivity index is 1.69. The Morgan fingerprint density at radius 3 is 2.32 bits per heavy atom. The number of fused-ring (bicyclic) bond motifs is 1. The topological polar surface area (TPSA) is 86.7 Å². The van der Waals surface area contributed by atoms with Crippen LogP contribution in [0.3, 0.4) is 0 Å². The van der Waals surface area contributed by atoms with Gasteiger partial charge in [-0.1, -0.05) is 39.0 Å². The van der Waals surface area contributed by atoms with Crippen LogP contribution in [-0.4, -0.2) is 29.8 Å². The maximum atomic E-state index is 13.0. The molecule has 3 aromatic heterocycles. The highest BCUT2D eigenvalue weighted by Gasteiger charge is 2.22. The van der Waals surface area contributed by atoms with E-state index in [9.17, 15) is 9.59 Å². The molecular weight excluding hydrogens is 392 g/mol. The largest absolute Gasteiger partial charge is 0.329 e. The first-order valence-electron chi connectivity index (χ1n) is 10.3. The zero-order valence-electron chi connectivity index (χ0n) is 18.2. The molecule has 0 aliphatic carbocycles. The third-order valence-electron chi connectivity index (χ3n) is 5.15. The van der Waals surface area contributed by atoms with Crippen molar-refractivity contribution in [1.82, 2.24) is 23.9 Å². The lowest BCUT2D eigenvalue weighted by molar-refractivity contribution is -0.116. The average molecular weight is 419 g/mol. The van der Waals surface area contributed by atoms with Crippen molar-refractivity contribution in [2.45, 2.75) is 46.2 Å². The Hall–Kier alpha value is -3.68. The molecule has 8 heteroatoms. The van der Waals surface area contributed by atoms with E-state index in [1.54, 1.807) is 15.4 Å². The van der Waals surface area contributed by atoms with E-state index in [2.05, 4.69) is 36.2 Å². The second-order valence-electron chi connectivity index (χ2n) is 8.41. The summed E-state index contributed by atoms with van der Waals surface area (Å²) in [5, 5.41) is 7.59. The fraction of sp³-hybridized carbons (Fsp3) is 0.304. The van der Waals surface area contributed by atoms with E-state index in [0.717, 1.165) is 16.7 Å². The number of para-hydroxylation sites is 2. The molecule has 0 atom stereocenters. The van der Waals surface area contributed by atoms with Gasteiger partial charge in [-0.3, -0.25) is 13.9 Å². The lowest BCUT2D eigenvalue weighted by Gasteiger charge is -2.13. The van der Waals surface area contributed by atoms with E-state index in [4.69, 9.17) is 0 Å². The molecule has 1 amide bonds. The van der Waals surface area contributed by atoms with Gasteiger partial charge in [0, 0.05) is 24.2 Å². The van der Waals surface area contributed by atoms with E-state index >= 15 is 0 Å². The lowest BCUT2D eigenvalue weighted by Crippen LogP contribution is -2.29. The quantitative estimate of drug-likeness (QED) is 0.539. The van der Waals surface area contributed by atoms with Crippen LogP contribution < -0.4 is 11.0 Å². The summed E-state index contributed by atoms with van der Waals surface area (Å²) in [6.45, 7) is 8.53. The summed E-state index contributed by atoms with van der Waals surface area (Å²) in [4.78, 5) is 30.2. The molecule has 0 aliphatic heterocycles. The molecule has 0 bridgehead atoms. The molecule has 8 nitrogen and oxygen atoms in total. The Bertz CT molecular complexity index is 1290. The summed E-state index contributed by atoms with van der Waals surface area (Å²) in [6.07, 6.45) is 1.68. The molecule has 4 aromatic rings. The van der Waals surface area contributed by atoms with Gasteiger partial charge in [0.05, 0.1) is 16.7 Å². The maximum Gasteiger partial charge on any atom is 0.329 e. The van der Waals surface area contributed by atoms with Crippen LogP contribution in [-0.2, 0) is 23.3 Å². The van der Waals surface area contributed by atoms with E-state index in [-0.39, 0.29) is 23.6 Å². The molecule has 0 unspecified atom stereocenters. The smallest absolute Gasteiger partial charge is 0.309 e. The maximum absolute atomic E-state index is 13.0. The Morgan fingerprint density at radius 2 is 1.71 bits per heavy atom. The van der Waals surface area contributed by atoms with E-state index < -0.39 is 0 Å². The molecular formula is C23H26N6O2. The molecule has 160 valence electrons. The van der Waals surface area contributed by atoms with E-state index in [1.165, 1.54) is 4.57 Å². The predicted molar refractivity (Wildman–Crippen MR) is 121 cm³/mol. The van der Waals surface area contributed by atoms with Crippen molar-refractivity contribution in [3.8, 4) is 5.82 Å². The second kappa shape index (κ2) is 7.86. The van der Waals surface area contributed by atoms with Crippen LogP contribution in [0.2, 0.25) is 0 Å². The molecule has 0 spiro atoms. The Morgan fingerprint density at radius 1 is 1.03 bits per heavy atom. The van der Waals surface area contributed by atoms with Crippen molar-refractivity contribution in [2.75, 3.05) is 5.32 Å². The van der Waals surface area contributed by atoms with Crippen LogP contribution in [0.1, 0.15) is 33.4 Å². The minimum absolute atomic E-state index is 0.0927. The number of carbonyl (C=O) groups is 1. The number of carbonyl (C=O) groups excluding carboxylic acids is 1. The highest BCUT2D eigenvalue weighted by molar-refractivity contribution is 5.91. The summed E-state index contributed by atoms with van der Waals surface area (Å²) in [7, 11) is 0. The number of imidazole rings is 1. The van der Waals surface area contributed by atoms with Crippen LogP contribution in [0.15, 0.2) is 59.5 Å². The van der Waals surface area contributed by atoms with Gasteiger partial charge in [0.25, 0.3) is 0 Å². The number of aryl methyl sites for hydroxylation is 1. The van der Waals surface area contributed by atoms with Gasteiger partial charge in [-0.25, -0.2) is 9.78 Å². The number of nitrogens with one attached hydrogen (secondary N) is 1. The highest BCUT2D eigenvalue weighted by atomic mass is 16.2. The van der Waals surface area contributed by atoms with Crippen LogP contribution in [0.25, 0.3) is 16.9 Å². The third kappa shape index (κ3) is 3.88. The van der Waals surface area contributed by atoms with E-state index in [0.29, 0.717) is 18.2 Å². The van der Waals surface area contributed by atoms with Crippen LogP contribution in [0, 0.1) is 0 Å². The Labute approximate surface area is 180 Å². The molecule has 4 rings (SSSR count). The molecule has 0 fully saturated rings. The van der Waals surface area contributed by atoms with Gasteiger partial charge in [-0.15, -0.1) is 0 Å². The molecule has 3 heterocycles. The van der Waals surface area contributed by atoms with Crippen molar-refractivity contribution in [2.24, 2.45) is 0 Å². The molecule has 0 saturated heterocycles. The number of amides is 1. The first kappa shape index (κ1) is 20.6. The number of pyridine rings is 1. The number of anilines is 1. The minimum Gasteiger partial charge on any atom is -0.309 e. The molecule has 1 aromatic carbocycles. The molecule has 31 heavy (non-hydrogen) atoms. The minimum atomic E-state index is -0.307. The van der Waals surface area contributed by atoms with Gasteiger partial charge in [-0.2, -0.15) is 9.78 Å². The zero-order chi connectivity index (χ0) is 22.2. The molecule has 1 N–H and O–H groups in total. The Kier molecular flexibility index (Phi) is 5.22. The van der Waals surface area contributed by atoms with Crippen LogP contribution >= 0.6 is 0 Å². The highest BCUT2D eigenvalue weighted by Crippen LogP contribution is 2.25. The zero-order valence-corrected chi connectivity index (χ0v) is 18.2. The number of hydrogen-bond donors (Lipinski definition) is 1. The normalized spacial score (nSPS) is 11.7. The fourth-order valence-electron chi connectivity index (χ4n) is 3.55. The SMILES string of the molecule is CCn1c(=O)n(CC(=O)Nc2cc(C(C)(C)C)nn2-c2ccccn2)c2ccccc21. The summed E-state index contributed by atoms with van der Waals surface area (Å²) in [5.74, 6) is 0.813. The van der Waals surface area contributed by atoms with E-state index in [1.807, 2.05) is 55.5 Å². The summed E-state index contributed by atoms with van der Waals surface area (Å²) >= 11 is 0. The van der Waals surface area contributed by atoms with Crippen molar-refractivity contribution in [3.05, 3.63) is 70.9 Å². The van der Waals surface area contributed by atoms with Crippen LogP contribution in [0.5, 0.6) is 0 Å². The monoisotopic (exact) mass is 418 g/mol. The summed E-state index contributed by atoms with van der Waals surface area (Å²) < 4.78 is 4.79. The summed E-state index contributed by atoms with van der Waals surface area (Å²) in [5.41, 5.74) is 1.97. The van der Waals surface area contributed by atoms with Crippen molar-refractivity contribution < 1.29 is 4.79 Å². The van der Waals surface area contributed by atoms with Gasteiger partial charge in [0.2, 0.25) is 5.91 Å². The standard InChI is InChI=1S/C23H26N6O2/c1-5-27-16-10-6-7-11-17(16)28(22(27)31)15-21(30)25-20-14-18(23(2,3)4)26-29(20)19-12-8-9-13-24-19/h6-14H,5,15H2,1-4H3,(H,25,30). The van der Waals surface area contributed by atoms with Crippen LogP contribution in [0.4, 0.5) is 5.82 Å². The number of hydrogen-bond acceptors (Lipinski definition) is 4. The lowest BCUT2D eigenvalue weighted by atomic mass is 9.92. The predicted octanol–water partition coefficient (Wildman–Crippen LogP) is 3.34. The number of nitrogens with zero attached hydrogens (tertiary/aromatic N) is 5. The first-order chi connectivity index (χ1) is 14.8. The third-order valence-corrected chi connectivity index (χ3v) is 5.15. The number of rotatable bonds is 5. The summed E-state index contributed by atoms with van der Waals surface area (Å²) in [6, 6.07) is 14.9. The molecule has 0 aliphatic rings. The average Bonchev–Trinajstić information content (AvgIpc) is 3.28. The number of aromatic nitrogens is 5. The van der Waals surface area contributed by atoms with Gasteiger partial charge in [-0.05, 0) is 31.2 Å². The molecule has 0 saturated carbocycles. The first-order valence-corrected chi connectivity index (χ1v) is 10.3. The molecule has 0 radical (unpaired) electrons. The second-order valence-corrected chi connectivity index (χ2v) is 8.41.